The average Bonchev–Trinajstić information content (AvgIpc) is 3.31. The summed E-state index contributed by atoms with van der Waals surface area (Å²) < 4.78 is 0. The molecular formula is C34H55NO. The van der Waals surface area contributed by atoms with E-state index in [0.717, 1.165) is 60.6 Å². The van der Waals surface area contributed by atoms with Crippen LogP contribution in [0.15, 0.2) is 24.4 Å². The summed E-state index contributed by atoms with van der Waals surface area (Å²) in [6, 6.07) is 0. The molecule has 10 atom stereocenters. The van der Waals surface area contributed by atoms with Crippen molar-refractivity contribution < 1.29 is 4.79 Å². The van der Waals surface area contributed by atoms with Crippen molar-refractivity contribution in [2.45, 2.75) is 117 Å². The van der Waals surface area contributed by atoms with E-state index >= 15 is 0 Å². The van der Waals surface area contributed by atoms with E-state index in [9.17, 15) is 4.79 Å². The molecule has 1 N–H and O–H groups in total. The van der Waals surface area contributed by atoms with Gasteiger partial charge >= 0.3 is 0 Å². The van der Waals surface area contributed by atoms with E-state index in [0.29, 0.717) is 22.7 Å². The fourth-order valence-corrected chi connectivity index (χ4v) is 11.9. The first-order valence-electron chi connectivity index (χ1n) is 15.7. The Morgan fingerprint density at radius 1 is 0.917 bits per heavy atom. The van der Waals surface area contributed by atoms with Crippen molar-refractivity contribution in [3.63, 3.8) is 0 Å². The summed E-state index contributed by atoms with van der Waals surface area (Å²) in [5, 5.41) is 3.52. The molecule has 5 saturated carbocycles. The Morgan fingerprint density at radius 2 is 1.64 bits per heavy atom. The van der Waals surface area contributed by atoms with Gasteiger partial charge in [-0.25, -0.2) is 0 Å². The number of nitrogens with one attached hydrogen (secondary N) is 1. The van der Waals surface area contributed by atoms with E-state index in [4.69, 9.17) is 0 Å². The van der Waals surface area contributed by atoms with Crippen LogP contribution in [0.5, 0.6) is 0 Å². The molecule has 0 saturated heterocycles. The van der Waals surface area contributed by atoms with Crippen molar-refractivity contribution in [2.24, 2.45) is 57.7 Å². The van der Waals surface area contributed by atoms with Crippen molar-refractivity contribution in [3.05, 3.63) is 24.4 Å². The highest BCUT2D eigenvalue weighted by atomic mass is 16.1. The van der Waals surface area contributed by atoms with Gasteiger partial charge in [0, 0.05) is 24.6 Å². The summed E-state index contributed by atoms with van der Waals surface area (Å²) in [5.41, 5.74) is 4.19. The fraction of sp³-hybridized carbons (Fsp3) is 0.853. The van der Waals surface area contributed by atoms with Crippen LogP contribution in [0.2, 0.25) is 0 Å². The van der Waals surface area contributed by atoms with Crippen LogP contribution < -0.4 is 5.32 Å². The van der Waals surface area contributed by atoms with Gasteiger partial charge in [-0.3, -0.25) is 0 Å². The van der Waals surface area contributed by atoms with Gasteiger partial charge in [0.15, 0.2) is 0 Å². The number of aldehydes is 1. The molecular weight excluding hydrogens is 438 g/mol. The highest BCUT2D eigenvalue weighted by Crippen LogP contribution is 2.72. The molecule has 202 valence electrons. The Bertz CT molecular complexity index is 861. The van der Waals surface area contributed by atoms with Crippen molar-refractivity contribution in [1.82, 2.24) is 5.32 Å². The van der Waals surface area contributed by atoms with Gasteiger partial charge in [0.25, 0.3) is 0 Å². The predicted molar refractivity (Wildman–Crippen MR) is 151 cm³/mol. The molecule has 36 heavy (non-hydrogen) atoms. The lowest BCUT2D eigenvalue weighted by atomic mass is 9.37. The second-order valence-corrected chi connectivity index (χ2v) is 14.7. The lowest BCUT2D eigenvalue weighted by Crippen LogP contribution is -2.61. The molecule has 5 fully saturated rings. The predicted octanol–water partition coefficient (Wildman–Crippen LogP) is 8.73. The Hall–Kier alpha value is -1.05. The van der Waals surface area contributed by atoms with Gasteiger partial charge in [-0.15, -0.1) is 0 Å². The standard InChI is InChI=1S/C34H55NO/c1-23(10-7-8-21-36)22-26-14-18-32(4)28(24(26)2)15-19-33(5)29-16-20-34(25(3)35-6)17-9-11-30(34)27(29)12-13-31(32)33/h21,24,26-31,35H,1,3,7-20,22H2,2,4-6H3. The van der Waals surface area contributed by atoms with Gasteiger partial charge in [0.2, 0.25) is 0 Å². The number of hydrogen-bond donors (Lipinski definition) is 1. The molecule has 0 heterocycles. The molecule has 0 amide bonds. The summed E-state index contributed by atoms with van der Waals surface area (Å²) in [6.45, 7) is 17.1. The zero-order chi connectivity index (χ0) is 25.7. The maximum Gasteiger partial charge on any atom is 0.120 e. The average molecular weight is 494 g/mol. The Balaban J connectivity index is 1.32. The SMILES string of the molecule is C=C(CCCC=O)CC1CCC2(C)C(CCC3(C)C4CCC5(C(=C)NC)CCCC5C4CCC23)C1C. The second-order valence-electron chi connectivity index (χ2n) is 14.7. The van der Waals surface area contributed by atoms with Crippen molar-refractivity contribution in [2.75, 3.05) is 7.05 Å². The molecule has 0 aromatic heterocycles. The zero-order valence-corrected chi connectivity index (χ0v) is 24.0. The van der Waals surface area contributed by atoms with Crippen molar-refractivity contribution >= 4 is 6.29 Å². The largest absolute Gasteiger partial charge is 0.391 e. The summed E-state index contributed by atoms with van der Waals surface area (Å²) >= 11 is 0. The number of unbranched alkanes of at least 4 members (excludes halogenated alkanes) is 1. The van der Waals surface area contributed by atoms with Crippen molar-refractivity contribution in [3.8, 4) is 0 Å². The van der Waals surface area contributed by atoms with Crippen LogP contribution in [0.3, 0.4) is 0 Å². The van der Waals surface area contributed by atoms with E-state index in [-0.39, 0.29) is 0 Å². The number of allylic oxidation sites excluding steroid dienone is 2. The number of fused-ring (bicyclic) bond motifs is 7. The summed E-state index contributed by atoms with van der Waals surface area (Å²) in [4.78, 5) is 10.7. The van der Waals surface area contributed by atoms with E-state index in [1.54, 1.807) is 0 Å². The fourth-order valence-electron chi connectivity index (χ4n) is 11.9. The third-order valence-electron chi connectivity index (χ3n) is 13.6. The Labute approximate surface area is 222 Å². The van der Waals surface area contributed by atoms with Crippen LogP contribution in [-0.2, 0) is 4.79 Å². The third-order valence-corrected chi connectivity index (χ3v) is 13.6. The lowest BCUT2D eigenvalue weighted by molar-refractivity contribution is -0.186. The minimum absolute atomic E-state index is 0.390. The number of carbonyl (C=O) groups excluding carboxylic acids is 1. The van der Waals surface area contributed by atoms with Crippen LogP contribution >= 0.6 is 0 Å². The maximum absolute atomic E-state index is 10.7. The third kappa shape index (κ3) is 3.98. The minimum Gasteiger partial charge on any atom is -0.391 e. The highest BCUT2D eigenvalue weighted by molar-refractivity contribution is 5.49. The highest BCUT2D eigenvalue weighted by Gasteiger charge is 2.64. The van der Waals surface area contributed by atoms with Gasteiger partial charge in [0.1, 0.15) is 6.29 Å². The summed E-state index contributed by atoms with van der Waals surface area (Å²) in [7, 11) is 2.11. The summed E-state index contributed by atoms with van der Waals surface area (Å²) in [6.07, 6.45) is 20.7. The topological polar surface area (TPSA) is 29.1 Å². The normalized spacial score (nSPS) is 47.6. The van der Waals surface area contributed by atoms with Gasteiger partial charge in [-0.05, 0) is 136 Å². The molecule has 2 heteroatoms. The molecule has 0 spiro atoms. The molecule has 5 rings (SSSR count). The number of carbonyl (C=O) groups is 1. The van der Waals surface area contributed by atoms with Gasteiger partial charge in [-0.2, -0.15) is 0 Å². The van der Waals surface area contributed by atoms with Crippen LogP contribution in [-0.4, -0.2) is 13.3 Å². The zero-order valence-electron chi connectivity index (χ0n) is 24.0. The van der Waals surface area contributed by atoms with E-state index < -0.39 is 0 Å². The van der Waals surface area contributed by atoms with Crippen LogP contribution in [0, 0.1) is 57.7 Å². The number of hydrogen-bond acceptors (Lipinski definition) is 2. The minimum atomic E-state index is 0.390. The molecule has 0 aromatic rings. The molecule has 0 radical (unpaired) electrons. The van der Waals surface area contributed by atoms with E-state index in [1.165, 1.54) is 88.3 Å². The Morgan fingerprint density at radius 3 is 2.39 bits per heavy atom. The first kappa shape index (κ1) is 26.6. The molecule has 2 nitrogen and oxygen atoms in total. The van der Waals surface area contributed by atoms with Crippen LogP contribution in [0.4, 0.5) is 0 Å². The molecule has 0 aliphatic heterocycles. The quantitative estimate of drug-likeness (QED) is 0.208. The first-order chi connectivity index (χ1) is 17.2. The first-order valence-corrected chi connectivity index (χ1v) is 15.7. The van der Waals surface area contributed by atoms with Crippen molar-refractivity contribution in [1.29, 1.82) is 0 Å². The van der Waals surface area contributed by atoms with E-state index in [1.807, 2.05) is 0 Å². The van der Waals surface area contributed by atoms with Gasteiger partial charge in [0.05, 0.1) is 0 Å². The molecule has 0 aromatic carbocycles. The van der Waals surface area contributed by atoms with Gasteiger partial charge in [-0.1, -0.05) is 45.9 Å². The van der Waals surface area contributed by atoms with Crippen LogP contribution in [0.1, 0.15) is 117 Å². The second kappa shape index (κ2) is 9.92. The molecule has 10 unspecified atom stereocenters. The van der Waals surface area contributed by atoms with E-state index in [2.05, 4.69) is 46.3 Å². The smallest absolute Gasteiger partial charge is 0.120 e. The van der Waals surface area contributed by atoms with Crippen LogP contribution in [0.25, 0.3) is 0 Å². The number of rotatable bonds is 8. The molecule has 5 aliphatic rings. The maximum atomic E-state index is 10.7. The molecule has 0 bridgehead atoms. The Kier molecular flexibility index (Phi) is 7.32. The monoisotopic (exact) mass is 493 g/mol. The molecule has 5 aliphatic carbocycles. The summed E-state index contributed by atoms with van der Waals surface area (Å²) in [5.74, 6) is 6.13. The lowest BCUT2D eigenvalue weighted by Gasteiger charge is -2.68. The van der Waals surface area contributed by atoms with Gasteiger partial charge < -0.3 is 10.1 Å².